The van der Waals surface area contributed by atoms with Crippen LogP contribution < -0.4 is 0 Å². The quantitative estimate of drug-likeness (QED) is 0.642. The lowest BCUT2D eigenvalue weighted by Gasteiger charge is -2.15. The normalized spacial score (nSPS) is 10.8. The van der Waals surface area contributed by atoms with Gasteiger partial charge in [0.1, 0.15) is 5.75 Å². The summed E-state index contributed by atoms with van der Waals surface area (Å²) in [6.07, 6.45) is 6.43. The number of unbranched alkanes of at least 4 members (excludes halogenated alkanes) is 2. The number of hydrogen-bond acceptors (Lipinski definition) is 3. The smallest absolute Gasteiger partial charge is 0.120 e. The third kappa shape index (κ3) is 3.85. The Balaban J connectivity index is 3.09. The first-order valence-corrected chi connectivity index (χ1v) is 7.26. The van der Waals surface area contributed by atoms with Crippen LogP contribution in [0.3, 0.4) is 0 Å². The van der Waals surface area contributed by atoms with Gasteiger partial charge in [-0.15, -0.1) is 25.3 Å². The summed E-state index contributed by atoms with van der Waals surface area (Å²) in [5.74, 6) is 0.382. The lowest BCUT2D eigenvalue weighted by molar-refractivity contribution is 0.462. The van der Waals surface area contributed by atoms with Gasteiger partial charge in [0.15, 0.2) is 0 Å². The van der Waals surface area contributed by atoms with Crippen molar-refractivity contribution in [3.05, 3.63) is 17.2 Å². The fraction of sp³-hybridized carbons (Fsp3) is 0.571. The van der Waals surface area contributed by atoms with Crippen molar-refractivity contribution in [3.63, 3.8) is 0 Å². The fourth-order valence-electron chi connectivity index (χ4n) is 1.99. The number of phenols is 1. The van der Waals surface area contributed by atoms with Crippen LogP contribution in [-0.4, -0.2) is 5.11 Å². The van der Waals surface area contributed by atoms with Gasteiger partial charge in [-0.25, -0.2) is 0 Å². The maximum Gasteiger partial charge on any atom is 0.120 e. The summed E-state index contributed by atoms with van der Waals surface area (Å²) < 4.78 is 0. The first-order chi connectivity index (χ1) is 8.11. The molecule has 1 aromatic rings. The van der Waals surface area contributed by atoms with Gasteiger partial charge in [0.25, 0.3) is 0 Å². The minimum absolute atomic E-state index is 0.382. The minimum atomic E-state index is 0.382. The summed E-state index contributed by atoms with van der Waals surface area (Å²) in [5, 5.41) is 10.0. The Morgan fingerprint density at radius 1 is 1.00 bits per heavy atom. The second-order valence-corrected chi connectivity index (χ2v) is 5.36. The van der Waals surface area contributed by atoms with Gasteiger partial charge >= 0.3 is 0 Å². The van der Waals surface area contributed by atoms with E-state index in [4.69, 9.17) is 0 Å². The Morgan fingerprint density at radius 2 is 1.53 bits per heavy atom. The van der Waals surface area contributed by atoms with Crippen LogP contribution in [0.5, 0.6) is 5.75 Å². The zero-order valence-corrected chi connectivity index (χ0v) is 12.5. The molecule has 0 aliphatic rings. The van der Waals surface area contributed by atoms with Crippen LogP contribution in [-0.2, 0) is 12.8 Å². The van der Waals surface area contributed by atoms with Crippen molar-refractivity contribution >= 4 is 25.3 Å². The molecule has 0 aliphatic carbocycles. The Hall–Kier alpha value is -0.280. The molecule has 0 bridgehead atoms. The lowest BCUT2D eigenvalue weighted by atomic mass is 9.97. The number of rotatable bonds is 6. The average Bonchev–Trinajstić information content (AvgIpc) is 2.30. The first-order valence-electron chi connectivity index (χ1n) is 6.37. The molecular weight excluding hydrogens is 248 g/mol. The summed E-state index contributed by atoms with van der Waals surface area (Å²) in [4.78, 5) is 1.71. The maximum absolute atomic E-state index is 10.0. The fourth-order valence-corrected chi connectivity index (χ4v) is 2.56. The van der Waals surface area contributed by atoms with Crippen molar-refractivity contribution in [2.75, 3.05) is 0 Å². The molecule has 0 radical (unpaired) electrons. The highest BCUT2D eigenvalue weighted by molar-refractivity contribution is 7.83. The highest BCUT2D eigenvalue weighted by Gasteiger charge is 2.13. The molecule has 1 rings (SSSR count). The van der Waals surface area contributed by atoms with Gasteiger partial charge in [0, 0.05) is 9.79 Å². The average molecular weight is 270 g/mol. The SMILES string of the molecule is CCCCc1c(O)cc(S)c(S)c1CCCC. The van der Waals surface area contributed by atoms with Crippen LogP contribution >= 0.6 is 25.3 Å². The van der Waals surface area contributed by atoms with Crippen molar-refractivity contribution < 1.29 is 5.11 Å². The predicted octanol–water partition coefficient (Wildman–Crippen LogP) is 4.65. The molecule has 1 N–H and O–H groups in total. The standard InChI is InChI=1S/C14H22OS2/c1-3-5-7-10-11(8-6-4-2)14(17)13(16)9-12(10)15/h9,15-17H,3-8H2,1-2H3. The second-order valence-electron chi connectivity index (χ2n) is 4.43. The van der Waals surface area contributed by atoms with Gasteiger partial charge in [-0.3, -0.25) is 0 Å². The molecule has 0 aromatic heterocycles. The van der Waals surface area contributed by atoms with Crippen LogP contribution in [0.1, 0.15) is 50.7 Å². The number of thiol groups is 2. The van der Waals surface area contributed by atoms with Crippen molar-refractivity contribution in [3.8, 4) is 5.75 Å². The zero-order chi connectivity index (χ0) is 12.8. The van der Waals surface area contributed by atoms with Crippen LogP contribution in [0.25, 0.3) is 0 Å². The molecule has 3 heteroatoms. The van der Waals surface area contributed by atoms with Gasteiger partial charge in [0.2, 0.25) is 0 Å². The Kier molecular flexibility index (Phi) is 6.28. The van der Waals surface area contributed by atoms with Gasteiger partial charge < -0.3 is 5.11 Å². The van der Waals surface area contributed by atoms with Crippen LogP contribution in [0.2, 0.25) is 0 Å². The summed E-state index contributed by atoms with van der Waals surface area (Å²) in [5.41, 5.74) is 2.26. The molecule has 0 saturated heterocycles. The van der Waals surface area contributed by atoms with Gasteiger partial charge in [-0.2, -0.15) is 0 Å². The number of hydrogen-bond donors (Lipinski definition) is 3. The molecule has 0 amide bonds. The van der Waals surface area contributed by atoms with E-state index in [1.165, 1.54) is 5.56 Å². The second kappa shape index (κ2) is 7.22. The van der Waals surface area contributed by atoms with E-state index in [1.54, 1.807) is 6.07 Å². The Labute approximate surface area is 115 Å². The molecule has 0 spiro atoms. The topological polar surface area (TPSA) is 20.2 Å². The molecule has 0 aliphatic heterocycles. The van der Waals surface area contributed by atoms with Gasteiger partial charge in [0.05, 0.1) is 0 Å². The summed E-state index contributed by atoms with van der Waals surface area (Å²) in [7, 11) is 0. The van der Waals surface area contributed by atoms with E-state index in [0.29, 0.717) is 5.75 Å². The Morgan fingerprint density at radius 3 is 2.06 bits per heavy atom. The monoisotopic (exact) mass is 270 g/mol. The molecule has 0 heterocycles. The molecule has 96 valence electrons. The first kappa shape index (κ1) is 14.8. The highest BCUT2D eigenvalue weighted by atomic mass is 32.1. The molecule has 0 unspecified atom stereocenters. The lowest BCUT2D eigenvalue weighted by Crippen LogP contribution is -1.98. The van der Waals surface area contributed by atoms with E-state index < -0.39 is 0 Å². The number of benzene rings is 1. The number of phenolic OH excluding ortho intramolecular Hbond substituents is 1. The molecule has 17 heavy (non-hydrogen) atoms. The van der Waals surface area contributed by atoms with Crippen molar-refractivity contribution in [2.45, 2.75) is 62.2 Å². The molecule has 0 fully saturated rings. The van der Waals surface area contributed by atoms with E-state index >= 15 is 0 Å². The van der Waals surface area contributed by atoms with E-state index in [0.717, 1.165) is 53.9 Å². The third-order valence-electron chi connectivity index (χ3n) is 3.04. The largest absolute Gasteiger partial charge is 0.508 e. The van der Waals surface area contributed by atoms with Crippen LogP contribution in [0.15, 0.2) is 15.9 Å². The van der Waals surface area contributed by atoms with Crippen LogP contribution in [0.4, 0.5) is 0 Å². The maximum atomic E-state index is 10.0. The van der Waals surface area contributed by atoms with Crippen molar-refractivity contribution in [1.82, 2.24) is 0 Å². The Bertz CT molecular complexity index is 375. The summed E-state index contributed by atoms with van der Waals surface area (Å²) >= 11 is 8.90. The third-order valence-corrected chi connectivity index (χ3v) is 4.08. The van der Waals surface area contributed by atoms with Gasteiger partial charge in [-0.05, 0) is 42.9 Å². The van der Waals surface area contributed by atoms with E-state index in [2.05, 4.69) is 39.1 Å². The van der Waals surface area contributed by atoms with Crippen molar-refractivity contribution in [1.29, 1.82) is 0 Å². The molecule has 0 atom stereocenters. The van der Waals surface area contributed by atoms with E-state index in [9.17, 15) is 5.11 Å². The molecule has 1 nitrogen and oxygen atoms in total. The summed E-state index contributed by atoms with van der Waals surface area (Å²) in [6.45, 7) is 4.34. The van der Waals surface area contributed by atoms with E-state index in [1.807, 2.05) is 0 Å². The van der Waals surface area contributed by atoms with Gasteiger partial charge in [-0.1, -0.05) is 26.7 Å². The molecule has 0 saturated carbocycles. The highest BCUT2D eigenvalue weighted by Crippen LogP contribution is 2.34. The van der Waals surface area contributed by atoms with Crippen LogP contribution in [0, 0.1) is 0 Å². The summed E-state index contributed by atoms with van der Waals surface area (Å²) in [6, 6.07) is 1.71. The molecular formula is C14H22OS2. The zero-order valence-electron chi connectivity index (χ0n) is 10.7. The predicted molar refractivity (Wildman–Crippen MR) is 79.8 cm³/mol. The van der Waals surface area contributed by atoms with Crippen molar-refractivity contribution in [2.24, 2.45) is 0 Å². The van der Waals surface area contributed by atoms with E-state index in [-0.39, 0.29) is 0 Å². The number of aromatic hydroxyl groups is 1. The molecule has 1 aromatic carbocycles. The minimum Gasteiger partial charge on any atom is -0.508 e.